The van der Waals surface area contributed by atoms with E-state index in [4.69, 9.17) is 9.98 Å². The molecule has 4 aromatic carbocycles. The zero-order valence-electron chi connectivity index (χ0n) is 22.8. The summed E-state index contributed by atoms with van der Waals surface area (Å²) in [6.07, 6.45) is 0. The van der Waals surface area contributed by atoms with E-state index in [-0.39, 0.29) is 24.2 Å². The fraction of sp³-hybridized carbons (Fsp3) is 0.235. The summed E-state index contributed by atoms with van der Waals surface area (Å²) >= 11 is 0. The van der Waals surface area contributed by atoms with Crippen LogP contribution < -0.4 is 21.3 Å². The van der Waals surface area contributed by atoms with Crippen molar-refractivity contribution < 1.29 is 0 Å². The lowest BCUT2D eigenvalue weighted by Crippen LogP contribution is -2.21. The summed E-state index contributed by atoms with van der Waals surface area (Å²) in [6, 6.07) is 41.7. The van der Waals surface area contributed by atoms with Crippen LogP contribution in [0.2, 0.25) is 0 Å². The minimum absolute atomic E-state index is 0.244. The van der Waals surface area contributed by atoms with Gasteiger partial charge in [0, 0.05) is 12.1 Å². The molecule has 0 aliphatic heterocycles. The van der Waals surface area contributed by atoms with E-state index in [0.717, 1.165) is 33.2 Å². The maximum absolute atomic E-state index is 5.42. The highest BCUT2D eigenvalue weighted by Gasteiger charge is 2.24. The van der Waals surface area contributed by atoms with E-state index in [9.17, 15) is 0 Å². The molecule has 0 bridgehead atoms. The largest absolute Gasteiger partial charge is 0.381 e. The van der Waals surface area contributed by atoms with Crippen molar-refractivity contribution in [3.63, 3.8) is 0 Å². The Morgan fingerprint density at radius 2 is 0.737 bits per heavy atom. The Bertz CT molecular complexity index is 1320. The van der Waals surface area contributed by atoms with Gasteiger partial charge in [0.15, 0.2) is 0 Å². The predicted octanol–water partition coefficient (Wildman–Crippen LogP) is 7.31. The normalized spacial score (nSPS) is 13.8. The SMILES string of the molecule is CC(C)Nc1cccccc1=N[C@H](c1ccccc1)[C@H](N=c1cccccc1NC(C)C)c1ccccc1. The highest BCUT2D eigenvalue weighted by atomic mass is 15.0. The van der Waals surface area contributed by atoms with Crippen LogP contribution in [0.15, 0.2) is 131 Å². The van der Waals surface area contributed by atoms with E-state index in [0.29, 0.717) is 0 Å². The molecule has 4 aromatic rings. The molecule has 0 heterocycles. The lowest BCUT2D eigenvalue weighted by atomic mass is 9.94. The summed E-state index contributed by atoms with van der Waals surface area (Å²) in [4.78, 5) is 10.8. The second kappa shape index (κ2) is 13.4. The van der Waals surface area contributed by atoms with Gasteiger partial charge in [0.05, 0.1) is 22.1 Å². The Kier molecular flexibility index (Phi) is 9.47. The van der Waals surface area contributed by atoms with Crippen LogP contribution in [-0.2, 0) is 0 Å². The molecule has 0 saturated heterocycles. The van der Waals surface area contributed by atoms with E-state index in [1.165, 1.54) is 0 Å². The third-order valence-corrected chi connectivity index (χ3v) is 6.06. The average Bonchev–Trinajstić information content (AvgIpc) is 3.27. The maximum Gasteiger partial charge on any atom is 0.102 e. The Morgan fingerprint density at radius 1 is 0.421 bits per heavy atom. The quantitative estimate of drug-likeness (QED) is 0.252. The van der Waals surface area contributed by atoms with Crippen LogP contribution in [-0.4, -0.2) is 12.1 Å². The van der Waals surface area contributed by atoms with E-state index >= 15 is 0 Å². The average molecular weight is 503 g/mol. The van der Waals surface area contributed by atoms with Gasteiger partial charge in [-0.15, -0.1) is 0 Å². The van der Waals surface area contributed by atoms with E-state index in [2.05, 4.69) is 111 Å². The van der Waals surface area contributed by atoms with Gasteiger partial charge in [-0.3, -0.25) is 9.98 Å². The number of nitrogens with one attached hydrogen (secondary N) is 2. The van der Waals surface area contributed by atoms with Gasteiger partial charge >= 0.3 is 0 Å². The lowest BCUT2D eigenvalue weighted by Gasteiger charge is -2.23. The van der Waals surface area contributed by atoms with E-state index in [1.54, 1.807) is 0 Å². The van der Waals surface area contributed by atoms with Crippen LogP contribution >= 0.6 is 0 Å². The second-order valence-electron chi connectivity index (χ2n) is 9.99. The van der Waals surface area contributed by atoms with E-state index < -0.39 is 0 Å². The fourth-order valence-corrected chi connectivity index (χ4v) is 4.42. The first-order valence-corrected chi connectivity index (χ1v) is 13.4. The van der Waals surface area contributed by atoms with Crippen LogP contribution in [0.4, 0.5) is 11.4 Å². The Morgan fingerprint density at radius 3 is 1.08 bits per heavy atom. The first-order valence-electron chi connectivity index (χ1n) is 13.4. The van der Waals surface area contributed by atoms with Gasteiger partial charge in [-0.25, -0.2) is 0 Å². The predicted molar refractivity (Wildman–Crippen MR) is 160 cm³/mol. The van der Waals surface area contributed by atoms with Crippen molar-refractivity contribution in [2.45, 2.75) is 51.9 Å². The second-order valence-corrected chi connectivity index (χ2v) is 9.99. The first kappa shape index (κ1) is 26.9. The van der Waals surface area contributed by atoms with Crippen LogP contribution in [0, 0.1) is 0 Å². The van der Waals surface area contributed by atoms with Crippen LogP contribution in [0.25, 0.3) is 0 Å². The van der Waals surface area contributed by atoms with Gasteiger partial charge in [-0.2, -0.15) is 0 Å². The molecule has 4 rings (SSSR count). The molecule has 4 nitrogen and oxygen atoms in total. The van der Waals surface area contributed by atoms with Gasteiger partial charge in [0.1, 0.15) is 12.1 Å². The van der Waals surface area contributed by atoms with Crippen LogP contribution in [0.1, 0.15) is 50.9 Å². The molecular weight excluding hydrogens is 464 g/mol. The van der Waals surface area contributed by atoms with Gasteiger partial charge in [0.25, 0.3) is 0 Å². The number of rotatable bonds is 9. The molecule has 0 unspecified atom stereocenters. The smallest absolute Gasteiger partial charge is 0.102 e. The number of anilines is 2. The number of nitrogens with zero attached hydrogens (tertiary/aromatic N) is 2. The minimum Gasteiger partial charge on any atom is -0.381 e. The van der Waals surface area contributed by atoms with Crippen LogP contribution in [0.3, 0.4) is 0 Å². The molecule has 0 aliphatic rings. The van der Waals surface area contributed by atoms with Crippen molar-refractivity contribution in [1.82, 2.24) is 0 Å². The third-order valence-electron chi connectivity index (χ3n) is 6.06. The van der Waals surface area contributed by atoms with Gasteiger partial charge in [-0.1, -0.05) is 97.1 Å². The lowest BCUT2D eigenvalue weighted by molar-refractivity contribution is 0.557. The van der Waals surface area contributed by atoms with Gasteiger partial charge in [-0.05, 0) is 63.1 Å². The number of hydrogen-bond acceptors (Lipinski definition) is 4. The summed E-state index contributed by atoms with van der Waals surface area (Å²) < 4.78 is 0. The summed E-state index contributed by atoms with van der Waals surface area (Å²) in [5.74, 6) is 0. The Balaban J connectivity index is 2.01. The molecule has 0 radical (unpaired) electrons. The summed E-state index contributed by atoms with van der Waals surface area (Å²) in [6.45, 7) is 8.58. The molecule has 194 valence electrons. The molecular formula is C34H38N4. The van der Waals surface area contributed by atoms with Crippen LogP contribution in [0.5, 0.6) is 0 Å². The Hall–Kier alpha value is -4.18. The fourth-order valence-electron chi connectivity index (χ4n) is 4.42. The Labute approximate surface area is 226 Å². The topological polar surface area (TPSA) is 48.8 Å². The third kappa shape index (κ3) is 7.42. The van der Waals surface area contributed by atoms with Gasteiger partial charge < -0.3 is 10.6 Å². The zero-order chi connectivity index (χ0) is 26.7. The van der Waals surface area contributed by atoms with Crippen molar-refractivity contribution in [3.8, 4) is 0 Å². The standard InChI is InChI=1S/C34H38N4/c1-25(2)35-29-21-13-7-15-23-31(29)37-33(27-17-9-5-10-18-27)34(28-19-11-6-12-20-28)38-32-24-16-8-14-22-30(32)36-26(3)4/h5-26,33-34H,1-4H3,(H,35,37)(H,36,38)/t33-,34-/m1/s1. The molecule has 38 heavy (non-hydrogen) atoms. The zero-order valence-corrected chi connectivity index (χ0v) is 22.8. The summed E-state index contributed by atoms with van der Waals surface area (Å²) in [5, 5.41) is 8.98. The van der Waals surface area contributed by atoms with Crippen molar-refractivity contribution in [3.05, 3.63) is 143 Å². The molecule has 0 amide bonds. The summed E-state index contributed by atoms with van der Waals surface area (Å²) in [7, 11) is 0. The highest BCUT2D eigenvalue weighted by Crippen LogP contribution is 2.35. The first-order chi connectivity index (χ1) is 18.5. The molecule has 0 saturated carbocycles. The molecule has 0 aromatic heterocycles. The van der Waals surface area contributed by atoms with Crippen molar-refractivity contribution in [2.24, 2.45) is 9.98 Å². The summed E-state index contributed by atoms with van der Waals surface area (Å²) in [5.41, 5.74) is 4.24. The minimum atomic E-state index is -0.244. The van der Waals surface area contributed by atoms with Gasteiger partial charge in [0.2, 0.25) is 0 Å². The maximum atomic E-state index is 5.42. The van der Waals surface area contributed by atoms with E-state index in [1.807, 2.05) is 48.5 Å². The highest BCUT2D eigenvalue weighted by molar-refractivity contribution is 5.44. The molecule has 0 spiro atoms. The molecule has 2 atom stereocenters. The molecule has 0 aliphatic carbocycles. The molecule has 2 N–H and O–H groups in total. The number of benzene rings is 2. The van der Waals surface area contributed by atoms with Crippen molar-refractivity contribution in [2.75, 3.05) is 10.6 Å². The molecule has 0 fully saturated rings. The van der Waals surface area contributed by atoms with Crippen molar-refractivity contribution >= 4 is 11.4 Å². The number of hydrogen-bond donors (Lipinski definition) is 2. The molecule has 4 heteroatoms. The monoisotopic (exact) mass is 502 g/mol. The van der Waals surface area contributed by atoms with Crippen molar-refractivity contribution in [1.29, 1.82) is 0 Å².